The summed E-state index contributed by atoms with van der Waals surface area (Å²) in [5.74, 6) is -1.00. The topological polar surface area (TPSA) is 96.2 Å². The van der Waals surface area contributed by atoms with Gasteiger partial charge in [-0.25, -0.2) is 4.79 Å². The van der Waals surface area contributed by atoms with E-state index in [1.807, 2.05) is 37.4 Å². The molecule has 1 unspecified atom stereocenters. The number of esters is 1. The molecule has 0 aliphatic carbocycles. The van der Waals surface area contributed by atoms with E-state index >= 15 is 0 Å². The first-order valence-electron chi connectivity index (χ1n) is 9.60. The number of urea groups is 1. The minimum atomic E-state index is -1.23. The maximum Gasteiger partial charge on any atom is 0.325 e. The normalized spacial score (nSPS) is 23.9. The van der Waals surface area contributed by atoms with E-state index < -0.39 is 17.4 Å². The van der Waals surface area contributed by atoms with Crippen molar-refractivity contribution in [3.8, 4) is 0 Å². The second kappa shape index (κ2) is 8.18. The number of ether oxygens (including phenoxy) is 1. The van der Waals surface area contributed by atoms with Gasteiger partial charge in [-0.05, 0) is 51.5 Å². The molecule has 152 valence electrons. The van der Waals surface area contributed by atoms with Gasteiger partial charge in [-0.3, -0.25) is 14.5 Å². The van der Waals surface area contributed by atoms with Crippen LogP contribution >= 0.6 is 0 Å². The number of likely N-dealkylation sites (tertiary alicyclic amines) is 1. The summed E-state index contributed by atoms with van der Waals surface area (Å²) in [6.07, 6.45) is 1.70. The summed E-state index contributed by atoms with van der Waals surface area (Å²) in [6.45, 7) is 1.81. The number of piperidine rings is 1. The third kappa shape index (κ3) is 3.69. The molecule has 1 atom stereocenters. The van der Waals surface area contributed by atoms with E-state index in [9.17, 15) is 14.4 Å². The zero-order valence-corrected chi connectivity index (χ0v) is 16.5. The summed E-state index contributed by atoms with van der Waals surface area (Å²) in [4.78, 5) is 43.4. The van der Waals surface area contributed by atoms with Gasteiger partial charge in [-0.1, -0.05) is 18.2 Å². The highest BCUT2D eigenvalue weighted by atomic mass is 16.5. The Morgan fingerprint density at radius 2 is 1.86 bits per heavy atom. The second-order valence-corrected chi connectivity index (χ2v) is 7.58. The predicted octanol–water partition coefficient (Wildman–Crippen LogP) is 1.20. The van der Waals surface area contributed by atoms with Crippen molar-refractivity contribution in [1.82, 2.24) is 9.80 Å². The van der Waals surface area contributed by atoms with Gasteiger partial charge in [0.2, 0.25) is 5.91 Å². The van der Waals surface area contributed by atoms with Gasteiger partial charge < -0.3 is 20.3 Å². The standard InChI is InChI=1S/C20H28N4O4/c1-22-12-9-16(10-13-22)24-19(27)23(15-6-4-3-5-7-15)14-20(24,18(21)26)11-8-17(25)28-2/h3-7,16H,8-14H2,1-2H3,(H2,21,26). The summed E-state index contributed by atoms with van der Waals surface area (Å²) in [7, 11) is 3.35. The zero-order valence-electron chi connectivity index (χ0n) is 16.5. The Labute approximate surface area is 165 Å². The number of carbonyl (C=O) groups is 3. The molecule has 2 N–H and O–H groups in total. The van der Waals surface area contributed by atoms with E-state index in [-0.39, 0.29) is 31.5 Å². The first-order chi connectivity index (χ1) is 13.4. The fourth-order valence-electron chi connectivity index (χ4n) is 4.22. The Bertz CT molecular complexity index is 733. The minimum Gasteiger partial charge on any atom is -0.469 e. The summed E-state index contributed by atoms with van der Waals surface area (Å²) in [6, 6.07) is 8.91. The SMILES string of the molecule is COC(=O)CCC1(C(N)=O)CN(c2ccccc2)C(=O)N1C1CCN(C)CC1. The van der Waals surface area contributed by atoms with E-state index in [2.05, 4.69) is 4.90 Å². The van der Waals surface area contributed by atoms with Gasteiger partial charge in [-0.2, -0.15) is 0 Å². The van der Waals surface area contributed by atoms with Gasteiger partial charge >= 0.3 is 12.0 Å². The summed E-state index contributed by atoms with van der Waals surface area (Å²) in [5, 5.41) is 0. The molecule has 0 spiro atoms. The molecule has 0 radical (unpaired) electrons. The number of anilines is 1. The molecular formula is C20H28N4O4. The van der Waals surface area contributed by atoms with Crippen LogP contribution < -0.4 is 10.6 Å². The molecule has 3 rings (SSSR count). The highest BCUT2D eigenvalue weighted by Gasteiger charge is 2.56. The number of para-hydroxylation sites is 1. The van der Waals surface area contributed by atoms with Gasteiger partial charge in [0, 0.05) is 18.2 Å². The molecule has 2 fully saturated rings. The number of benzene rings is 1. The van der Waals surface area contributed by atoms with Crippen LogP contribution in [0.3, 0.4) is 0 Å². The number of carbonyl (C=O) groups excluding carboxylic acids is 3. The number of hydrogen-bond donors (Lipinski definition) is 1. The molecule has 2 aliphatic rings. The first-order valence-corrected chi connectivity index (χ1v) is 9.60. The van der Waals surface area contributed by atoms with Crippen LogP contribution in [0.25, 0.3) is 0 Å². The maximum atomic E-state index is 13.4. The van der Waals surface area contributed by atoms with Gasteiger partial charge in [0.1, 0.15) is 5.54 Å². The smallest absolute Gasteiger partial charge is 0.325 e. The van der Waals surface area contributed by atoms with Crippen LogP contribution in [0.2, 0.25) is 0 Å². The molecule has 3 amide bonds. The molecule has 1 aromatic rings. The highest BCUT2D eigenvalue weighted by molar-refractivity contribution is 6.02. The van der Waals surface area contributed by atoms with Gasteiger partial charge in [0.05, 0.1) is 13.7 Å². The lowest BCUT2D eigenvalue weighted by Gasteiger charge is -2.42. The van der Waals surface area contributed by atoms with Crippen LogP contribution in [0, 0.1) is 0 Å². The number of nitrogens with two attached hydrogens (primary N) is 1. The molecule has 0 aromatic heterocycles. The summed E-state index contributed by atoms with van der Waals surface area (Å²) in [5.41, 5.74) is 5.35. The Kier molecular flexibility index (Phi) is 5.88. The molecule has 0 bridgehead atoms. The predicted molar refractivity (Wildman–Crippen MR) is 105 cm³/mol. The van der Waals surface area contributed by atoms with E-state index in [1.165, 1.54) is 7.11 Å². The number of amides is 3. The van der Waals surface area contributed by atoms with Crippen molar-refractivity contribution in [2.24, 2.45) is 5.73 Å². The molecule has 2 aliphatic heterocycles. The van der Waals surface area contributed by atoms with Crippen molar-refractivity contribution < 1.29 is 19.1 Å². The van der Waals surface area contributed by atoms with E-state index in [0.717, 1.165) is 25.9 Å². The lowest BCUT2D eigenvalue weighted by atomic mass is 9.88. The summed E-state index contributed by atoms with van der Waals surface area (Å²) >= 11 is 0. The van der Waals surface area contributed by atoms with Crippen LogP contribution in [0.1, 0.15) is 25.7 Å². The van der Waals surface area contributed by atoms with Crippen molar-refractivity contribution in [1.29, 1.82) is 0 Å². The summed E-state index contributed by atoms with van der Waals surface area (Å²) < 4.78 is 4.75. The van der Waals surface area contributed by atoms with E-state index in [0.29, 0.717) is 5.69 Å². The van der Waals surface area contributed by atoms with Crippen LogP contribution in [0.5, 0.6) is 0 Å². The van der Waals surface area contributed by atoms with Crippen molar-refractivity contribution in [2.75, 3.05) is 38.7 Å². The maximum absolute atomic E-state index is 13.4. The van der Waals surface area contributed by atoms with E-state index in [1.54, 1.807) is 9.80 Å². The van der Waals surface area contributed by atoms with Crippen LogP contribution in [0.4, 0.5) is 10.5 Å². The third-order valence-corrected chi connectivity index (χ3v) is 5.87. The van der Waals surface area contributed by atoms with Crippen molar-refractivity contribution in [2.45, 2.75) is 37.3 Å². The van der Waals surface area contributed by atoms with Crippen LogP contribution in [-0.2, 0) is 14.3 Å². The number of primary amides is 1. The van der Waals surface area contributed by atoms with Gasteiger partial charge in [0.25, 0.3) is 0 Å². The minimum absolute atomic E-state index is 0.0263. The molecule has 8 nitrogen and oxygen atoms in total. The monoisotopic (exact) mass is 388 g/mol. The molecular weight excluding hydrogens is 360 g/mol. The number of nitrogens with zero attached hydrogens (tertiary/aromatic N) is 3. The Morgan fingerprint density at radius 1 is 1.21 bits per heavy atom. The molecule has 8 heteroatoms. The highest BCUT2D eigenvalue weighted by Crippen LogP contribution is 2.38. The second-order valence-electron chi connectivity index (χ2n) is 7.58. The fourth-order valence-corrected chi connectivity index (χ4v) is 4.22. The van der Waals surface area contributed by atoms with E-state index in [4.69, 9.17) is 10.5 Å². The van der Waals surface area contributed by atoms with Crippen molar-refractivity contribution in [3.63, 3.8) is 0 Å². The average molecular weight is 388 g/mol. The van der Waals surface area contributed by atoms with Crippen molar-refractivity contribution in [3.05, 3.63) is 30.3 Å². The third-order valence-electron chi connectivity index (χ3n) is 5.87. The first kappa shape index (κ1) is 20.1. The molecule has 2 heterocycles. The fraction of sp³-hybridized carbons (Fsp3) is 0.550. The zero-order chi connectivity index (χ0) is 20.3. The average Bonchev–Trinajstić information content (AvgIpc) is 3.01. The number of methoxy groups -OCH3 is 1. The Morgan fingerprint density at radius 3 is 2.43 bits per heavy atom. The molecule has 0 saturated carbocycles. The van der Waals surface area contributed by atoms with Crippen molar-refractivity contribution >= 4 is 23.6 Å². The lowest BCUT2D eigenvalue weighted by Crippen LogP contribution is -2.61. The molecule has 1 aromatic carbocycles. The van der Waals surface area contributed by atoms with Crippen LogP contribution in [0.15, 0.2) is 30.3 Å². The Hall–Kier alpha value is -2.61. The van der Waals surface area contributed by atoms with Crippen LogP contribution in [-0.4, -0.2) is 73.1 Å². The quantitative estimate of drug-likeness (QED) is 0.739. The number of hydrogen-bond acceptors (Lipinski definition) is 5. The number of rotatable bonds is 6. The molecule has 2 saturated heterocycles. The lowest BCUT2D eigenvalue weighted by molar-refractivity contribution is -0.142. The Balaban J connectivity index is 1.97. The van der Waals surface area contributed by atoms with Gasteiger partial charge in [-0.15, -0.1) is 0 Å². The molecule has 28 heavy (non-hydrogen) atoms. The van der Waals surface area contributed by atoms with Gasteiger partial charge in [0.15, 0.2) is 0 Å². The largest absolute Gasteiger partial charge is 0.469 e.